The minimum Gasteiger partial charge on any atom is -0.337 e. The molecule has 1 saturated carbocycles. The fraction of sp³-hybridized carbons (Fsp3) is 0.857. The molecule has 0 aromatic rings. The molecule has 0 saturated heterocycles. The van der Waals surface area contributed by atoms with Crippen molar-refractivity contribution in [3.8, 4) is 0 Å². The van der Waals surface area contributed by atoms with Crippen molar-refractivity contribution in [2.75, 3.05) is 5.75 Å². The Balaban J connectivity index is 2.20. The highest BCUT2D eigenvalue weighted by atomic mass is 32.2. The summed E-state index contributed by atoms with van der Waals surface area (Å²) in [7, 11) is 0. The maximum Gasteiger partial charge on any atom is 0.279 e. The number of thioether (sulfide) groups is 1. The molecule has 0 aromatic heterocycles. The zero-order valence-corrected chi connectivity index (χ0v) is 12.3. The summed E-state index contributed by atoms with van der Waals surface area (Å²) >= 11 is 1.34. The normalized spacial score (nSPS) is 18.6. The maximum absolute atomic E-state index is 11.7. The van der Waals surface area contributed by atoms with Gasteiger partial charge < -0.3 is 10.1 Å². The van der Waals surface area contributed by atoms with E-state index in [1.54, 1.807) is 0 Å². The van der Waals surface area contributed by atoms with Crippen LogP contribution in [0.2, 0.25) is 0 Å². The number of nitrogens with one attached hydrogen (secondary N) is 1. The van der Waals surface area contributed by atoms with Crippen LogP contribution in [0.4, 0.5) is 4.79 Å². The molecule has 3 nitrogen and oxygen atoms in total. The lowest BCUT2D eigenvalue weighted by atomic mass is 9.91. The summed E-state index contributed by atoms with van der Waals surface area (Å²) in [6.45, 7) is 4.11. The molecule has 18 heavy (non-hydrogen) atoms. The predicted molar refractivity (Wildman–Crippen MR) is 76.9 cm³/mol. The molecule has 0 heterocycles. The predicted octanol–water partition coefficient (Wildman–Crippen LogP) is 3.62. The minimum absolute atomic E-state index is 0.0432. The van der Waals surface area contributed by atoms with E-state index in [0.717, 1.165) is 18.5 Å². The summed E-state index contributed by atoms with van der Waals surface area (Å²) in [5.74, 6) is 2.01. The van der Waals surface area contributed by atoms with E-state index < -0.39 is 0 Å². The van der Waals surface area contributed by atoms with Crippen LogP contribution in [0.3, 0.4) is 0 Å². The number of rotatable bonds is 6. The molecule has 0 radical (unpaired) electrons. The Morgan fingerprint density at radius 3 is 2.56 bits per heavy atom. The molecule has 1 aliphatic rings. The van der Waals surface area contributed by atoms with Crippen LogP contribution in [0.15, 0.2) is 0 Å². The topological polar surface area (TPSA) is 46.2 Å². The van der Waals surface area contributed by atoms with Crippen LogP contribution in [0.1, 0.15) is 52.4 Å². The van der Waals surface area contributed by atoms with Gasteiger partial charge in [0.25, 0.3) is 5.24 Å². The van der Waals surface area contributed by atoms with Crippen molar-refractivity contribution in [3.63, 3.8) is 0 Å². The summed E-state index contributed by atoms with van der Waals surface area (Å²) in [4.78, 5) is 22.6. The van der Waals surface area contributed by atoms with Crippen LogP contribution in [-0.2, 0) is 4.79 Å². The number of carbonyl (C=O) groups excluding carboxylic acids is 2. The Kier molecular flexibility index (Phi) is 7.40. The molecule has 1 N–H and O–H groups in total. The lowest BCUT2D eigenvalue weighted by Crippen LogP contribution is -2.35. The van der Waals surface area contributed by atoms with Crippen LogP contribution in [-0.4, -0.2) is 23.3 Å². The number of aldehydes is 1. The van der Waals surface area contributed by atoms with Gasteiger partial charge in [-0.2, -0.15) is 0 Å². The molecule has 0 aromatic carbocycles. The van der Waals surface area contributed by atoms with Crippen molar-refractivity contribution in [1.29, 1.82) is 0 Å². The molecule has 0 unspecified atom stereocenters. The Labute approximate surface area is 114 Å². The SMILES string of the molecule is CC(C)C[C@@H](C=O)NC(=O)SCC1CCCCC1. The summed E-state index contributed by atoms with van der Waals surface area (Å²) in [5, 5.41) is 2.75. The average molecular weight is 271 g/mol. The van der Waals surface area contributed by atoms with Gasteiger partial charge in [0.15, 0.2) is 0 Å². The molecule has 0 bridgehead atoms. The first-order valence-electron chi connectivity index (χ1n) is 7.00. The second-order valence-corrected chi connectivity index (χ2v) is 6.61. The Morgan fingerprint density at radius 1 is 1.33 bits per heavy atom. The van der Waals surface area contributed by atoms with Gasteiger partial charge in [-0.05, 0) is 31.1 Å². The van der Waals surface area contributed by atoms with E-state index in [2.05, 4.69) is 19.2 Å². The fourth-order valence-electron chi connectivity index (χ4n) is 2.40. The van der Waals surface area contributed by atoms with Crippen molar-refractivity contribution in [2.45, 2.75) is 58.4 Å². The highest BCUT2D eigenvalue weighted by molar-refractivity contribution is 8.13. The molecule has 1 fully saturated rings. The molecule has 0 aliphatic heterocycles. The van der Waals surface area contributed by atoms with E-state index in [4.69, 9.17) is 0 Å². The first-order chi connectivity index (χ1) is 8.61. The van der Waals surface area contributed by atoms with Crippen LogP contribution in [0.25, 0.3) is 0 Å². The van der Waals surface area contributed by atoms with Gasteiger partial charge in [-0.15, -0.1) is 0 Å². The van der Waals surface area contributed by atoms with Gasteiger partial charge in [0.1, 0.15) is 6.29 Å². The molecule has 0 spiro atoms. The molecular formula is C14H25NO2S. The number of hydrogen-bond acceptors (Lipinski definition) is 3. The molecule has 1 atom stereocenters. The van der Waals surface area contributed by atoms with E-state index in [-0.39, 0.29) is 11.3 Å². The van der Waals surface area contributed by atoms with Crippen molar-refractivity contribution in [3.05, 3.63) is 0 Å². The third kappa shape index (κ3) is 6.43. The van der Waals surface area contributed by atoms with E-state index in [9.17, 15) is 9.59 Å². The number of amides is 1. The van der Waals surface area contributed by atoms with E-state index in [1.165, 1.54) is 43.9 Å². The van der Waals surface area contributed by atoms with Crippen molar-refractivity contribution in [2.24, 2.45) is 11.8 Å². The largest absolute Gasteiger partial charge is 0.337 e. The van der Waals surface area contributed by atoms with Gasteiger partial charge >= 0.3 is 0 Å². The van der Waals surface area contributed by atoms with E-state index in [0.29, 0.717) is 11.8 Å². The first-order valence-corrected chi connectivity index (χ1v) is 7.99. The number of hydrogen-bond donors (Lipinski definition) is 1. The quantitative estimate of drug-likeness (QED) is 0.750. The molecule has 4 heteroatoms. The molecule has 1 aliphatic carbocycles. The van der Waals surface area contributed by atoms with Crippen LogP contribution >= 0.6 is 11.8 Å². The van der Waals surface area contributed by atoms with Crippen LogP contribution in [0.5, 0.6) is 0 Å². The van der Waals surface area contributed by atoms with Crippen molar-refractivity contribution in [1.82, 2.24) is 5.32 Å². The Hall–Kier alpha value is -0.510. The Bertz CT molecular complexity index is 263. The second kappa shape index (κ2) is 8.57. The summed E-state index contributed by atoms with van der Waals surface area (Å²) in [5.41, 5.74) is 0. The highest BCUT2D eigenvalue weighted by Gasteiger charge is 2.17. The zero-order valence-electron chi connectivity index (χ0n) is 11.5. The van der Waals surface area contributed by atoms with Gasteiger partial charge in [0.05, 0.1) is 6.04 Å². The van der Waals surface area contributed by atoms with Gasteiger partial charge in [-0.3, -0.25) is 4.79 Å². The summed E-state index contributed by atoms with van der Waals surface area (Å²) in [6.07, 6.45) is 8.02. The van der Waals surface area contributed by atoms with Gasteiger partial charge in [-0.1, -0.05) is 44.9 Å². The third-order valence-corrected chi connectivity index (χ3v) is 4.39. The lowest BCUT2D eigenvalue weighted by Gasteiger charge is -2.21. The fourth-order valence-corrected chi connectivity index (χ4v) is 3.35. The first kappa shape index (κ1) is 15.5. The average Bonchev–Trinajstić information content (AvgIpc) is 2.36. The van der Waals surface area contributed by atoms with Gasteiger partial charge in [0, 0.05) is 5.75 Å². The molecule has 1 rings (SSSR count). The van der Waals surface area contributed by atoms with Crippen LogP contribution in [0, 0.1) is 11.8 Å². The monoisotopic (exact) mass is 271 g/mol. The molecule has 104 valence electrons. The maximum atomic E-state index is 11.7. The van der Waals surface area contributed by atoms with E-state index >= 15 is 0 Å². The Morgan fingerprint density at radius 2 is 2.00 bits per heavy atom. The third-order valence-electron chi connectivity index (χ3n) is 3.37. The van der Waals surface area contributed by atoms with Gasteiger partial charge in [-0.25, -0.2) is 0 Å². The molecular weight excluding hydrogens is 246 g/mol. The second-order valence-electron chi connectivity index (χ2n) is 5.62. The summed E-state index contributed by atoms with van der Waals surface area (Å²) < 4.78 is 0. The van der Waals surface area contributed by atoms with Gasteiger partial charge in [0.2, 0.25) is 0 Å². The smallest absolute Gasteiger partial charge is 0.279 e. The number of carbonyl (C=O) groups is 2. The minimum atomic E-state index is -0.323. The highest BCUT2D eigenvalue weighted by Crippen LogP contribution is 2.26. The van der Waals surface area contributed by atoms with Crippen LogP contribution < -0.4 is 5.32 Å². The van der Waals surface area contributed by atoms with Crippen molar-refractivity contribution >= 4 is 23.3 Å². The van der Waals surface area contributed by atoms with E-state index in [1.807, 2.05) is 0 Å². The lowest BCUT2D eigenvalue weighted by molar-refractivity contribution is -0.109. The van der Waals surface area contributed by atoms with Crippen molar-refractivity contribution < 1.29 is 9.59 Å². The standard InChI is InChI=1S/C14H25NO2S/c1-11(2)8-13(9-16)15-14(17)18-10-12-6-4-3-5-7-12/h9,11-13H,3-8,10H2,1-2H3,(H,15,17)/t13-/m0/s1. The molecule has 1 amide bonds. The summed E-state index contributed by atoms with van der Waals surface area (Å²) in [6, 6.07) is -0.323. The zero-order chi connectivity index (χ0) is 13.4.